The Morgan fingerprint density at radius 1 is 1.10 bits per heavy atom. The average Bonchev–Trinajstić information content (AvgIpc) is 3.30. The first kappa shape index (κ1) is 20.2. The monoisotopic (exact) mass is 423 g/mol. The van der Waals surface area contributed by atoms with Crippen molar-refractivity contribution in [2.24, 2.45) is 0 Å². The van der Waals surface area contributed by atoms with E-state index in [1.54, 1.807) is 18.2 Å². The lowest BCUT2D eigenvalue weighted by atomic mass is 10.2. The van der Waals surface area contributed by atoms with Crippen molar-refractivity contribution in [3.8, 4) is 17.1 Å². The number of hydrogen-bond acceptors (Lipinski definition) is 5. The summed E-state index contributed by atoms with van der Waals surface area (Å²) in [5.74, 6) is 0.914. The third kappa shape index (κ3) is 4.41. The molecular weight excluding hydrogens is 401 g/mol. The molecule has 0 saturated carbocycles. The quantitative estimate of drug-likeness (QED) is 0.393. The first-order chi connectivity index (χ1) is 14.7. The van der Waals surface area contributed by atoms with Crippen molar-refractivity contribution in [1.29, 1.82) is 0 Å². The highest BCUT2D eigenvalue weighted by atomic mass is 32.1. The van der Waals surface area contributed by atoms with E-state index in [1.165, 1.54) is 47.3 Å². The molecule has 7 heteroatoms. The second-order valence-corrected chi connectivity index (χ2v) is 8.01. The molecule has 30 heavy (non-hydrogen) atoms. The molecule has 4 rings (SSSR count). The van der Waals surface area contributed by atoms with Crippen molar-refractivity contribution in [2.45, 2.75) is 32.6 Å². The summed E-state index contributed by atoms with van der Waals surface area (Å²) in [5, 5.41) is 4.34. The minimum absolute atomic E-state index is 0.302. The van der Waals surface area contributed by atoms with Gasteiger partial charge in [0.1, 0.15) is 11.6 Å². The van der Waals surface area contributed by atoms with Crippen LogP contribution < -0.4 is 14.8 Å². The van der Waals surface area contributed by atoms with Crippen LogP contribution in [-0.2, 0) is 0 Å². The number of aromatic nitrogens is 3. The van der Waals surface area contributed by atoms with Crippen LogP contribution in [0.4, 0.5) is 4.39 Å². The Morgan fingerprint density at radius 3 is 2.63 bits per heavy atom. The Hall–Kier alpha value is -3.06. The number of halogens is 1. The SMILES string of the molecule is CCCCCCOc1ccc(-c2nc3s/c(=C\c4ccccc4F)c(=O)n3n2)cc1. The predicted molar refractivity (Wildman–Crippen MR) is 117 cm³/mol. The largest absolute Gasteiger partial charge is 0.494 e. The lowest BCUT2D eigenvalue weighted by Gasteiger charge is -2.06. The van der Waals surface area contributed by atoms with E-state index >= 15 is 0 Å². The zero-order valence-electron chi connectivity index (χ0n) is 16.7. The molecule has 0 radical (unpaired) electrons. The molecule has 0 aliphatic rings. The Bertz CT molecular complexity index is 1250. The van der Waals surface area contributed by atoms with Crippen molar-refractivity contribution >= 4 is 22.4 Å². The molecule has 0 N–H and O–H groups in total. The molecule has 0 atom stereocenters. The van der Waals surface area contributed by atoms with Crippen LogP contribution in [0.15, 0.2) is 53.3 Å². The molecule has 2 heterocycles. The summed E-state index contributed by atoms with van der Waals surface area (Å²) in [4.78, 5) is 17.6. The van der Waals surface area contributed by atoms with Gasteiger partial charge in [0.25, 0.3) is 5.56 Å². The molecule has 154 valence electrons. The Morgan fingerprint density at radius 2 is 1.90 bits per heavy atom. The fourth-order valence-electron chi connectivity index (χ4n) is 3.11. The van der Waals surface area contributed by atoms with E-state index in [-0.39, 0.29) is 11.4 Å². The molecule has 2 aromatic carbocycles. The maximum Gasteiger partial charge on any atom is 0.291 e. The van der Waals surface area contributed by atoms with Crippen LogP contribution in [0, 0.1) is 5.82 Å². The maximum absolute atomic E-state index is 13.9. The highest BCUT2D eigenvalue weighted by Gasteiger charge is 2.12. The average molecular weight is 424 g/mol. The fourth-order valence-corrected chi connectivity index (χ4v) is 4.01. The first-order valence-electron chi connectivity index (χ1n) is 10.0. The fraction of sp³-hybridized carbons (Fsp3) is 0.261. The van der Waals surface area contributed by atoms with Crippen LogP contribution in [0.2, 0.25) is 0 Å². The lowest BCUT2D eigenvalue weighted by Crippen LogP contribution is -2.23. The normalized spacial score (nSPS) is 12.0. The van der Waals surface area contributed by atoms with Gasteiger partial charge in [-0.15, -0.1) is 5.10 Å². The molecule has 0 aliphatic heterocycles. The molecule has 0 unspecified atom stereocenters. The highest BCUT2D eigenvalue weighted by Crippen LogP contribution is 2.21. The van der Waals surface area contributed by atoms with Crippen molar-refractivity contribution in [3.63, 3.8) is 0 Å². The van der Waals surface area contributed by atoms with Crippen molar-refractivity contribution < 1.29 is 9.13 Å². The van der Waals surface area contributed by atoms with E-state index in [4.69, 9.17) is 4.74 Å². The van der Waals surface area contributed by atoms with Crippen molar-refractivity contribution in [2.75, 3.05) is 6.61 Å². The maximum atomic E-state index is 13.9. The van der Waals surface area contributed by atoms with Crippen LogP contribution in [0.25, 0.3) is 22.4 Å². The van der Waals surface area contributed by atoms with Gasteiger partial charge in [0.2, 0.25) is 4.96 Å². The second kappa shape index (κ2) is 9.17. The van der Waals surface area contributed by atoms with Crippen LogP contribution in [0.3, 0.4) is 0 Å². The summed E-state index contributed by atoms with van der Waals surface area (Å²) in [6, 6.07) is 13.9. The Labute approximate surface area is 177 Å². The number of unbranched alkanes of at least 4 members (excludes halogenated alkanes) is 3. The number of fused-ring (bicyclic) bond motifs is 1. The van der Waals surface area contributed by atoms with Crippen molar-refractivity contribution in [1.82, 2.24) is 14.6 Å². The Balaban J connectivity index is 1.52. The molecule has 5 nitrogen and oxygen atoms in total. The van der Waals surface area contributed by atoms with E-state index in [1.807, 2.05) is 24.3 Å². The van der Waals surface area contributed by atoms with Gasteiger partial charge in [0, 0.05) is 11.1 Å². The molecule has 2 aromatic heterocycles. The summed E-state index contributed by atoms with van der Waals surface area (Å²) in [7, 11) is 0. The summed E-state index contributed by atoms with van der Waals surface area (Å²) in [6.45, 7) is 2.89. The van der Waals surface area contributed by atoms with Gasteiger partial charge in [-0.25, -0.2) is 4.39 Å². The van der Waals surface area contributed by atoms with Gasteiger partial charge in [-0.2, -0.15) is 9.50 Å². The van der Waals surface area contributed by atoms with Crippen LogP contribution >= 0.6 is 11.3 Å². The van der Waals surface area contributed by atoms with Gasteiger partial charge in [-0.3, -0.25) is 4.79 Å². The van der Waals surface area contributed by atoms with Crippen LogP contribution in [0.5, 0.6) is 5.75 Å². The summed E-state index contributed by atoms with van der Waals surface area (Å²) in [5.41, 5.74) is 0.872. The minimum atomic E-state index is -0.371. The second-order valence-electron chi connectivity index (χ2n) is 7.00. The zero-order valence-corrected chi connectivity index (χ0v) is 17.5. The van der Waals surface area contributed by atoms with E-state index in [0.29, 0.717) is 27.5 Å². The standard InChI is InChI=1S/C23H22FN3O2S/c1-2-3-4-7-14-29-18-12-10-16(11-13-18)21-25-23-27(26-21)22(28)20(30-23)15-17-8-5-6-9-19(17)24/h5-6,8-13,15H,2-4,7,14H2,1H3/b20-15-. The van der Waals surface area contributed by atoms with Gasteiger partial charge in [0.15, 0.2) is 5.82 Å². The lowest BCUT2D eigenvalue weighted by molar-refractivity contribution is 0.305. The molecular formula is C23H22FN3O2S. The first-order valence-corrected chi connectivity index (χ1v) is 10.9. The molecule has 0 bridgehead atoms. The van der Waals surface area contributed by atoms with Gasteiger partial charge >= 0.3 is 0 Å². The van der Waals surface area contributed by atoms with E-state index in [0.717, 1.165) is 17.7 Å². The molecule has 0 spiro atoms. The summed E-state index contributed by atoms with van der Waals surface area (Å²) in [6.07, 6.45) is 6.19. The molecule has 4 aromatic rings. The Kier molecular flexibility index (Phi) is 6.18. The van der Waals surface area contributed by atoms with Crippen LogP contribution in [0.1, 0.15) is 38.2 Å². The third-order valence-corrected chi connectivity index (χ3v) is 5.71. The van der Waals surface area contributed by atoms with Crippen LogP contribution in [-0.4, -0.2) is 21.2 Å². The highest BCUT2D eigenvalue weighted by molar-refractivity contribution is 7.15. The van der Waals surface area contributed by atoms with Gasteiger partial charge in [-0.05, 0) is 42.8 Å². The predicted octanol–water partition coefficient (Wildman–Crippen LogP) is 4.46. The molecule has 0 saturated heterocycles. The number of rotatable bonds is 8. The number of benzene rings is 2. The van der Waals surface area contributed by atoms with E-state index in [9.17, 15) is 9.18 Å². The zero-order chi connectivity index (χ0) is 20.9. The third-order valence-electron chi connectivity index (χ3n) is 4.75. The van der Waals surface area contributed by atoms with Gasteiger partial charge in [0.05, 0.1) is 11.1 Å². The molecule has 0 fully saturated rings. The van der Waals surface area contributed by atoms with E-state index in [2.05, 4.69) is 17.0 Å². The van der Waals surface area contributed by atoms with E-state index < -0.39 is 0 Å². The topological polar surface area (TPSA) is 56.5 Å². The summed E-state index contributed by atoms with van der Waals surface area (Å²) < 4.78 is 21.3. The summed E-state index contributed by atoms with van der Waals surface area (Å²) >= 11 is 1.19. The number of thiazole rings is 1. The molecule has 0 aliphatic carbocycles. The van der Waals surface area contributed by atoms with Gasteiger partial charge < -0.3 is 4.74 Å². The minimum Gasteiger partial charge on any atom is -0.494 e. The molecule has 0 amide bonds. The van der Waals surface area contributed by atoms with Gasteiger partial charge in [-0.1, -0.05) is 55.7 Å². The number of ether oxygens (including phenoxy) is 1. The number of hydrogen-bond donors (Lipinski definition) is 0. The number of nitrogens with zero attached hydrogens (tertiary/aromatic N) is 3. The smallest absolute Gasteiger partial charge is 0.291 e. The van der Waals surface area contributed by atoms with Crippen molar-refractivity contribution in [3.05, 3.63) is 74.8 Å².